The van der Waals surface area contributed by atoms with Gasteiger partial charge in [0.15, 0.2) is 28.8 Å². The summed E-state index contributed by atoms with van der Waals surface area (Å²) < 4.78 is 38.1. The Morgan fingerprint density at radius 2 is 0.846 bits per heavy atom. The number of carbonyl (C=O) groups excluding carboxylic acids is 1. The summed E-state index contributed by atoms with van der Waals surface area (Å²) in [4.78, 5) is 14.6. The Labute approximate surface area is 317 Å². The molecule has 0 radical (unpaired) electrons. The van der Waals surface area contributed by atoms with Gasteiger partial charge in [-0.1, -0.05) is 119 Å². The van der Waals surface area contributed by atoms with E-state index in [1.807, 2.05) is 30.3 Å². The third-order valence-electron chi connectivity index (χ3n) is 8.83. The van der Waals surface area contributed by atoms with Crippen LogP contribution >= 0.6 is 0 Å². The van der Waals surface area contributed by atoms with E-state index in [2.05, 4.69) is 41.5 Å². The first-order valence-electron chi connectivity index (χ1n) is 20.9. The summed E-state index contributed by atoms with van der Waals surface area (Å²) in [5.41, 5.74) is 1.14. The van der Waals surface area contributed by atoms with Crippen molar-refractivity contribution >= 4 is 11.9 Å². The maximum atomic E-state index is 14.6. The molecule has 0 amide bonds. The molecule has 0 aliphatic heterocycles. The first kappa shape index (κ1) is 44.8. The monoisotopic (exact) mass is 725 g/mol. The molecule has 0 N–H and O–H groups in total. The van der Waals surface area contributed by atoms with E-state index in [4.69, 9.17) is 28.4 Å². The number of hydrogen-bond acceptors (Lipinski definition) is 7. The van der Waals surface area contributed by atoms with E-state index in [9.17, 15) is 4.79 Å². The summed E-state index contributed by atoms with van der Waals surface area (Å²) in [6.45, 7) is 16.3. The molecule has 7 heteroatoms. The van der Waals surface area contributed by atoms with Crippen LogP contribution in [0, 0.1) is 0 Å². The highest BCUT2D eigenvalue weighted by Gasteiger charge is 2.27. The van der Waals surface area contributed by atoms with Crippen molar-refractivity contribution in [2.45, 2.75) is 157 Å². The van der Waals surface area contributed by atoms with Crippen LogP contribution in [-0.4, -0.2) is 45.4 Å². The van der Waals surface area contributed by atoms with Crippen molar-refractivity contribution in [1.29, 1.82) is 0 Å². The van der Waals surface area contributed by atoms with Gasteiger partial charge < -0.3 is 28.4 Å². The normalized spacial score (nSPS) is 11.2. The zero-order valence-electron chi connectivity index (χ0n) is 33.8. The van der Waals surface area contributed by atoms with Crippen LogP contribution in [0.15, 0.2) is 30.3 Å². The molecule has 0 saturated carbocycles. The average Bonchev–Trinajstić information content (AvgIpc) is 3.15. The lowest BCUT2D eigenvalue weighted by Crippen LogP contribution is -2.12. The topological polar surface area (TPSA) is 72.5 Å². The highest BCUT2D eigenvalue weighted by atomic mass is 16.5. The molecule has 0 fully saturated rings. The molecule has 2 rings (SSSR count). The van der Waals surface area contributed by atoms with Crippen LogP contribution in [0.3, 0.4) is 0 Å². The van der Waals surface area contributed by atoms with Gasteiger partial charge in [-0.05, 0) is 68.9 Å². The van der Waals surface area contributed by atoms with Gasteiger partial charge in [0.1, 0.15) is 17.1 Å². The predicted molar refractivity (Wildman–Crippen MR) is 216 cm³/mol. The standard InChI is InChI=1S/C45H72O7/c1-7-13-19-29-47-38-26-28-40(48-30-20-14-8-2)37(35-38)25-27-39(46)43-44(51-33-23-17-11-5)41(49-31-21-15-9-3)36-42(50-32-22-16-10-4)45(43)52-34-24-18-12-6/h25-28,35-36H,7-24,29-34H2,1-6H3. The molecule has 2 aromatic carbocycles. The van der Waals surface area contributed by atoms with Gasteiger partial charge >= 0.3 is 0 Å². The lowest BCUT2D eigenvalue weighted by molar-refractivity contribution is 0.103. The number of rotatable bonds is 33. The molecule has 0 aliphatic rings. The van der Waals surface area contributed by atoms with E-state index >= 15 is 0 Å². The minimum absolute atomic E-state index is 0.236. The van der Waals surface area contributed by atoms with Crippen molar-refractivity contribution in [2.75, 3.05) is 39.6 Å². The fraction of sp³-hybridized carbons (Fsp3) is 0.667. The van der Waals surface area contributed by atoms with Gasteiger partial charge in [-0.25, -0.2) is 0 Å². The summed E-state index contributed by atoms with van der Waals surface area (Å²) in [5, 5.41) is 0. The van der Waals surface area contributed by atoms with Crippen molar-refractivity contribution in [3.8, 4) is 34.5 Å². The number of hydrogen-bond donors (Lipinski definition) is 0. The molecule has 0 spiro atoms. The van der Waals surface area contributed by atoms with Crippen LogP contribution in [0.4, 0.5) is 0 Å². The van der Waals surface area contributed by atoms with Crippen LogP contribution in [0.25, 0.3) is 6.08 Å². The van der Waals surface area contributed by atoms with Crippen molar-refractivity contribution in [1.82, 2.24) is 0 Å². The quantitative estimate of drug-likeness (QED) is 0.0412. The van der Waals surface area contributed by atoms with Crippen LogP contribution in [0.5, 0.6) is 34.5 Å². The van der Waals surface area contributed by atoms with Crippen LogP contribution in [0.2, 0.25) is 0 Å². The lowest BCUT2D eigenvalue weighted by Gasteiger charge is -2.22. The maximum absolute atomic E-state index is 14.6. The Bertz CT molecular complexity index is 1210. The summed E-state index contributed by atoms with van der Waals surface area (Å²) in [5.74, 6) is 3.15. The summed E-state index contributed by atoms with van der Waals surface area (Å²) in [7, 11) is 0. The summed E-state index contributed by atoms with van der Waals surface area (Å²) >= 11 is 0. The molecule has 2 aromatic rings. The third kappa shape index (κ3) is 17.4. The van der Waals surface area contributed by atoms with Crippen LogP contribution in [0.1, 0.15) is 173 Å². The largest absolute Gasteiger partial charge is 0.494 e. The molecule has 0 atom stereocenters. The molecule has 0 bridgehead atoms. The molecule has 0 aromatic heterocycles. The lowest BCUT2D eigenvalue weighted by atomic mass is 10.0. The van der Waals surface area contributed by atoms with Crippen LogP contribution in [-0.2, 0) is 0 Å². The van der Waals surface area contributed by atoms with Crippen LogP contribution < -0.4 is 28.4 Å². The number of ether oxygens (including phenoxy) is 6. The van der Waals surface area contributed by atoms with Gasteiger partial charge in [0.25, 0.3) is 0 Å². The minimum atomic E-state index is -0.236. The fourth-order valence-corrected chi connectivity index (χ4v) is 5.65. The smallest absolute Gasteiger partial charge is 0.193 e. The Balaban J connectivity index is 2.67. The molecule has 0 aliphatic carbocycles. The number of benzene rings is 2. The number of carbonyl (C=O) groups is 1. The number of ketones is 1. The highest BCUT2D eigenvalue weighted by molar-refractivity contribution is 6.11. The average molecular weight is 725 g/mol. The molecule has 52 heavy (non-hydrogen) atoms. The van der Waals surface area contributed by atoms with Crippen molar-refractivity contribution < 1.29 is 33.2 Å². The van der Waals surface area contributed by atoms with Gasteiger partial charge in [-0.2, -0.15) is 0 Å². The molecule has 0 unspecified atom stereocenters. The predicted octanol–water partition coefficient (Wildman–Crippen LogP) is 13.0. The zero-order valence-corrected chi connectivity index (χ0v) is 33.8. The van der Waals surface area contributed by atoms with E-state index in [1.165, 1.54) is 0 Å². The van der Waals surface area contributed by atoms with Crippen molar-refractivity contribution in [3.63, 3.8) is 0 Å². The molecule has 7 nitrogen and oxygen atoms in total. The maximum Gasteiger partial charge on any atom is 0.193 e. The Kier molecular flexibility index (Phi) is 25.1. The Hall–Kier alpha value is -3.35. The summed E-state index contributed by atoms with van der Waals surface area (Å²) in [6.07, 6.45) is 21.9. The van der Waals surface area contributed by atoms with E-state index in [1.54, 1.807) is 6.08 Å². The molecule has 294 valence electrons. The minimum Gasteiger partial charge on any atom is -0.494 e. The van der Waals surface area contributed by atoms with E-state index in [0.29, 0.717) is 68.2 Å². The molecular formula is C45H72O7. The van der Waals surface area contributed by atoms with Gasteiger partial charge in [-0.15, -0.1) is 0 Å². The van der Waals surface area contributed by atoms with Crippen molar-refractivity contribution in [2.24, 2.45) is 0 Å². The first-order chi connectivity index (χ1) is 25.5. The second-order valence-corrected chi connectivity index (χ2v) is 13.6. The van der Waals surface area contributed by atoms with Gasteiger partial charge in [0.05, 0.1) is 39.6 Å². The van der Waals surface area contributed by atoms with Gasteiger partial charge in [0, 0.05) is 11.6 Å². The van der Waals surface area contributed by atoms with Gasteiger partial charge in [0.2, 0.25) is 0 Å². The molecular weight excluding hydrogens is 652 g/mol. The SMILES string of the molecule is CCCCCOc1ccc(OCCCCC)c(C=CC(=O)c2c(OCCCCC)c(OCCCCC)cc(OCCCCC)c2OCCCCC)c1. The van der Waals surface area contributed by atoms with E-state index in [0.717, 1.165) is 133 Å². The number of unbranched alkanes of at least 4 members (excludes halogenated alkanes) is 12. The third-order valence-corrected chi connectivity index (χ3v) is 8.83. The summed E-state index contributed by atoms with van der Waals surface area (Å²) in [6, 6.07) is 7.74. The van der Waals surface area contributed by atoms with Gasteiger partial charge in [-0.3, -0.25) is 4.79 Å². The first-order valence-corrected chi connectivity index (χ1v) is 20.9. The zero-order chi connectivity index (χ0) is 37.7. The van der Waals surface area contributed by atoms with E-state index in [-0.39, 0.29) is 5.78 Å². The van der Waals surface area contributed by atoms with Crippen molar-refractivity contribution in [3.05, 3.63) is 41.5 Å². The van der Waals surface area contributed by atoms with E-state index < -0.39 is 0 Å². The molecule has 0 heterocycles. The number of allylic oxidation sites excluding steroid dienone is 1. The highest BCUT2D eigenvalue weighted by Crippen LogP contribution is 2.46. The molecule has 0 saturated heterocycles. The second kappa shape index (κ2) is 29.1. The Morgan fingerprint density at radius 3 is 1.27 bits per heavy atom. The second-order valence-electron chi connectivity index (χ2n) is 13.6. The fourth-order valence-electron chi connectivity index (χ4n) is 5.65. The Morgan fingerprint density at radius 1 is 0.462 bits per heavy atom.